The van der Waals surface area contributed by atoms with Gasteiger partial charge >= 0.3 is 6.09 Å². The highest BCUT2D eigenvalue weighted by atomic mass is 16.5. The maximum atomic E-state index is 11.4. The summed E-state index contributed by atoms with van der Waals surface area (Å²) in [7, 11) is 0. The first kappa shape index (κ1) is 16.2. The first-order valence-corrected chi connectivity index (χ1v) is 6.98. The molecule has 0 aliphatic carbocycles. The molecular weight excluding hydrogens is 254 g/mol. The lowest BCUT2D eigenvalue weighted by Gasteiger charge is -2.06. The maximum absolute atomic E-state index is 11.4. The molecule has 0 aromatic heterocycles. The largest absolute Gasteiger partial charge is 0.445 e. The second-order valence-electron chi connectivity index (χ2n) is 4.65. The van der Waals surface area contributed by atoms with Gasteiger partial charge in [0.25, 0.3) is 0 Å². The van der Waals surface area contributed by atoms with E-state index in [4.69, 9.17) is 9.84 Å². The molecule has 0 aliphatic rings. The zero-order valence-corrected chi connectivity index (χ0v) is 11.9. The van der Waals surface area contributed by atoms with Crippen LogP contribution in [0, 0.1) is 0 Å². The molecule has 1 atom stereocenters. The van der Waals surface area contributed by atoms with E-state index in [2.05, 4.69) is 5.32 Å². The molecule has 0 saturated heterocycles. The number of aliphatic hydroxyl groups excluding tert-OH is 1. The van der Waals surface area contributed by atoms with Crippen molar-refractivity contribution in [3.8, 4) is 0 Å². The number of ether oxygens (including phenoxy) is 1. The molecule has 0 radical (unpaired) electrons. The Hall–Kier alpha value is -1.81. The third-order valence-corrected chi connectivity index (χ3v) is 2.69. The highest BCUT2D eigenvalue weighted by molar-refractivity contribution is 5.67. The molecule has 110 valence electrons. The first-order chi connectivity index (χ1) is 9.68. The predicted molar refractivity (Wildman–Crippen MR) is 79.3 cm³/mol. The third kappa shape index (κ3) is 8.32. The summed E-state index contributed by atoms with van der Waals surface area (Å²) in [6.07, 6.45) is 5.73. The van der Waals surface area contributed by atoms with E-state index in [1.54, 1.807) is 13.0 Å². The van der Waals surface area contributed by atoms with Crippen LogP contribution in [0.5, 0.6) is 0 Å². The van der Waals surface area contributed by atoms with Crippen LogP contribution in [0.4, 0.5) is 4.79 Å². The van der Waals surface area contributed by atoms with E-state index in [9.17, 15) is 4.79 Å². The van der Waals surface area contributed by atoms with Gasteiger partial charge < -0.3 is 15.2 Å². The van der Waals surface area contributed by atoms with Gasteiger partial charge in [0.2, 0.25) is 0 Å². The summed E-state index contributed by atoms with van der Waals surface area (Å²) in [6.45, 7) is 2.63. The van der Waals surface area contributed by atoms with E-state index in [1.165, 1.54) is 0 Å². The molecule has 1 rings (SSSR count). The van der Waals surface area contributed by atoms with E-state index in [-0.39, 0.29) is 12.2 Å². The van der Waals surface area contributed by atoms with E-state index < -0.39 is 0 Å². The van der Waals surface area contributed by atoms with Gasteiger partial charge in [-0.05, 0) is 31.7 Å². The highest BCUT2D eigenvalue weighted by Gasteiger charge is 2.01. The third-order valence-electron chi connectivity index (χ3n) is 2.69. The zero-order chi connectivity index (χ0) is 14.6. The van der Waals surface area contributed by atoms with Crippen LogP contribution < -0.4 is 5.32 Å². The molecule has 1 amide bonds. The number of rotatable bonds is 8. The van der Waals surface area contributed by atoms with Crippen LogP contribution in [0.3, 0.4) is 0 Å². The Bertz CT molecular complexity index is 401. The second kappa shape index (κ2) is 10.0. The molecule has 2 N–H and O–H groups in total. The lowest BCUT2D eigenvalue weighted by molar-refractivity contribution is 0.139. The van der Waals surface area contributed by atoms with E-state index >= 15 is 0 Å². The number of unbranched alkanes of at least 4 members (excludes halogenated alkanes) is 2. The lowest BCUT2D eigenvalue weighted by atomic mass is 10.2. The average molecular weight is 277 g/mol. The molecule has 0 saturated carbocycles. The number of allylic oxidation sites excluding steroid dienone is 1. The molecule has 0 bridgehead atoms. The van der Waals surface area contributed by atoms with Crippen molar-refractivity contribution in [1.29, 1.82) is 0 Å². The zero-order valence-electron chi connectivity index (χ0n) is 11.9. The van der Waals surface area contributed by atoms with Gasteiger partial charge in [0.1, 0.15) is 6.61 Å². The minimum atomic E-state index is -0.388. The molecule has 1 aromatic carbocycles. The van der Waals surface area contributed by atoms with Crippen molar-refractivity contribution >= 4 is 6.09 Å². The fourth-order valence-corrected chi connectivity index (χ4v) is 1.64. The minimum Gasteiger partial charge on any atom is -0.445 e. The van der Waals surface area contributed by atoms with E-state index in [0.717, 1.165) is 24.8 Å². The summed E-state index contributed by atoms with van der Waals surface area (Å²) >= 11 is 0. The van der Waals surface area contributed by atoms with Crippen molar-refractivity contribution in [3.63, 3.8) is 0 Å². The fourth-order valence-electron chi connectivity index (χ4n) is 1.64. The molecule has 1 aromatic rings. The van der Waals surface area contributed by atoms with Crippen LogP contribution in [-0.4, -0.2) is 23.8 Å². The van der Waals surface area contributed by atoms with Crippen LogP contribution >= 0.6 is 0 Å². The van der Waals surface area contributed by atoms with Gasteiger partial charge in [0.05, 0.1) is 6.10 Å². The Morgan fingerprint density at radius 2 is 2.10 bits per heavy atom. The van der Waals surface area contributed by atoms with E-state index in [1.807, 2.05) is 36.4 Å². The summed E-state index contributed by atoms with van der Waals surface area (Å²) in [5.41, 5.74) is 0.978. The number of hydrogen-bond acceptors (Lipinski definition) is 3. The summed E-state index contributed by atoms with van der Waals surface area (Å²) in [5, 5.41) is 11.7. The van der Waals surface area contributed by atoms with Crippen LogP contribution in [0.2, 0.25) is 0 Å². The standard InChI is InChI=1S/C16H23NO3/c1-14(18)9-5-2-3-8-12-17-16(19)20-13-15-10-6-4-7-11-15/h4-7,9-11,14,18H,2-3,8,12-13H2,1H3,(H,17,19)/b9-5+. The SMILES string of the molecule is CC(O)/C=C/CCCCNC(=O)OCc1ccccc1. The van der Waals surface area contributed by atoms with Gasteiger partial charge in [0, 0.05) is 6.54 Å². The molecule has 4 heteroatoms. The first-order valence-electron chi connectivity index (χ1n) is 6.98. The Labute approximate surface area is 120 Å². The van der Waals surface area contributed by atoms with Crippen LogP contribution in [-0.2, 0) is 11.3 Å². The normalized spacial score (nSPS) is 12.3. The topological polar surface area (TPSA) is 58.6 Å². The number of benzene rings is 1. The molecule has 4 nitrogen and oxygen atoms in total. The van der Waals surface area contributed by atoms with Gasteiger partial charge in [-0.25, -0.2) is 4.79 Å². The number of alkyl carbamates (subject to hydrolysis) is 1. The monoisotopic (exact) mass is 277 g/mol. The molecular formula is C16H23NO3. The number of amides is 1. The van der Waals surface area contributed by atoms with Crippen molar-refractivity contribution in [2.75, 3.05) is 6.54 Å². The number of carbonyl (C=O) groups excluding carboxylic acids is 1. The average Bonchev–Trinajstić information content (AvgIpc) is 2.45. The van der Waals surface area contributed by atoms with Gasteiger partial charge in [0.15, 0.2) is 0 Å². The molecule has 20 heavy (non-hydrogen) atoms. The van der Waals surface area contributed by atoms with Crippen molar-refractivity contribution in [1.82, 2.24) is 5.32 Å². The van der Waals surface area contributed by atoms with Gasteiger partial charge in [-0.1, -0.05) is 42.5 Å². The Kier molecular flexibility index (Phi) is 8.15. The second-order valence-corrected chi connectivity index (χ2v) is 4.65. The number of hydrogen-bond donors (Lipinski definition) is 2. The Morgan fingerprint density at radius 3 is 2.80 bits per heavy atom. The molecule has 1 unspecified atom stereocenters. The van der Waals surface area contributed by atoms with Crippen LogP contribution in [0.1, 0.15) is 31.7 Å². The molecule has 0 fully saturated rings. The van der Waals surface area contributed by atoms with Crippen LogP contribution in [0.25, 0.3) is 0 Å². The minimum absolute atomic E-state index is 0.295. The van der Waals surface area contributed by atoms with Crippen molar-refractivity contribution in [2.45, 2.75) is 38.9 Å². The van der Waals surface area contributed by atoms with E-state index in [0.29, 0.717) is 13.2 Å². The lowest BCUT2D eigenvalue weighted by Crippen LogP contribution is -2.25. The molecule has 0 heterocycles. The molecule has 0 aliphatic heterocycles. The van der Waals surface area contributed by atoms with Crippen molar-refractivity contribution < 1.29 is 14.6 Å². The predicted octanol–water partition coefficient (Wildman–Crippen LogP) is 3.02. The Morgan fingerprint density at radius 1 is 1.35 bits per heavy atom. The summed E-state index contributed by atoms with van der Waals surface area (Å²) in [5.74, 6) is 0. The van der Waals surface area contributed by atoms with Gasteiger partial charge in [-0.2, -0.15) is 0 Å². The van der Waals surface area contributed by atoms with Crippen molar-refractivity contribution in [2.24, 2.45) is 0 Å². The van der Waals surface area contributed by atoms with Crippen LogP contribution in [0.15, 0.2) is 42.5 Å². The fraction of sp³-hybridized carbons (Fsp3) is 0.438. The number of nitrogens with one attached hydrogen (secondary N) is 1. The van der Waals surface area contributed by atoms with Gasteiger partial charge in [-0.3, -0.25) is 0 Å². The summed E-state index contributed by atoms with van der Waals surface area (Å²) in [6, 6.07) is 9.59. The molecule has 0 spiro atoms. The van der Waals surface area contributed by atoms with Crippen molar-refractivity contribution in [3.05, 3.63) is 48.0 Å². The number of aliphatic hydroxyl groups is 1. The van der Waals surface area contributed by atoms with Gasteiger partial charge in [-0.15, -0.1) is 0 Å². The summed E-state index contributed by atoms with van der Waals surface area (Å²) < 4.78 is 5.09. The highest BCUT2D eigenvalue weighted by Crippen LogP contribution is 2.01. The smallest absolute Gasteiger partial charge is 0.407 e. The quantitative estimate of drug-likeness (QED) is 0.567. The maximum Gasteiger partial charge on any atom is 0.407 e. The Balaban J connectivity index is 2.00. The number of carbonyl (C=O) groups is 1. The summed E-state index contributed by atoms with van der Waals surface area (Å²) in [4.78, 5) is 11.4.